The first-order chi connectivity index (χ1) is 9.88. The second-order valence-electron chi connectivity index (χ2n) is 5.00. The van der Waals surface area contributed by atoms with Crippen LogP contribution in [0.25, 0.3) is 0 Å². The second-order valence-corrected chi connectivity index (χ2v) is 7.02. The van der Waals surface area contributed by atoms with E-state index in [2.05, 4.69) is 5.32 Å². The largest absolute Gasteiger partial charge is 0.468 e. The molecule has 0 spiro atoms. The predicted octanol–water partition coefficient (Wildman–Crippen LogP) is 2.07. The standard InChI is InChI=1S/C15H19NO4S/c1-11(15-4-3-9-20-15)16-10-14(17)12-5-7-13(8-6-12)21(2,18)19/h3-9,11,14,16-17H,10H2,1-2H3. The number of furan rings is 1. The number of aliphatic hydroxyl groups is 1. The van der Waals surface area contributed by atoms with Crippen LogP contribution in [0.3, 0.4) is 0 Å². The third-order valence-electron chi connectivity index (χ3n) is 3.28. The molecular formula is C15H19NO4S. The maximum Gasteiger partial charge on any atom is 0.175 e. The number of sulfone groups is 1. The molecule has 0 aliphatic heterocycles. The summed E-state index contributed by atoms with van der Waals surface area (Å²) < 4.78 is 28.0. The summed E-state index contributed by atoms with van der Waals surface area (Å²) in [5.74, 6) is 0.801. The Morgan fingerprint density at radius 1 is 1.24 bits per heavy atom. The summed E-state index contributed by atoms with van der Waals surface area (Å²) in [5.41, 5.74) is 0.668. The lowest BCUT2D eigenvalue weighted by molar-refractivity contribution is 0.169. The van der Waals surface area contributed by atoms with Gasteiger partial charge in [0.15, 0.2) is 9.84 Å². The molecule has 0 fully saturated rings. The van der Waals surface area contributed by atoms with Crippen molar-refractivity contribution in [3.05, 3.63) is 54.0 Å². The minimum atomic E-state index is -3.21. The van der Waals surface area contributed by atoms with Crippen molar-refractivity contribution >= 4 is 9.84 Å². The van der Waals surface area contributed by atoms with Crippen molar-refractivity contribution < 1.29 is 17.9 Å². The molecule has 114 valence electrons. The van der Waals surface area contributed by atoms with Gasteiger partial charge in [0.25, 0.3) is 0 Å². The smallest absolute Gasteiger partial charge is 0.175 e. The van der Waals surface area contributed by atoms with Crippen LogP contribution in [0.2, 0.25) is 0 Å². The molecule has 0 radical (unpaired) electrons. The number of aliphatic hydroxyl groups excluding tert-OH is 1. The van der Waals surface area contributed by atoms with Crippen LogP contribution in [-0.2, 0) is 9.84 Å². The SMILES string of the molecule is CC(NCC(O)c1ccc(S(C)(=O)=O)cc1)c1ccco1. The molecule has 2 atom stereocenters. The summed E-state index contributed by atoms with van der Waals surface area (Å²) in [4.78, 5) is 0.246. The molecule has 0 bridgehead atoms. The van der Waals surface area contributed by atoms with Gasteiger partial charge in [0, 0.05) is 12.8 Å². The van der Waals surface area contributed by atoms with Crippen LogP contribution in [0, 0.1) is 0 Å². The molecule has 2 rings (SSSR count). The van der Waals surface area contributed by atoms with E-state index in [0.717, 1.165) is 12.0 Å². The zero-order chi connectivity index (χ0) is 15.5. The van der Waals surface area contributed by atoms with Crippen molar-refractivity contribution in [3.8, 4) is 0 Å². The lowest BCUT2D eigenvalue weighted by atomic mass is 10.1. The van der Waals surface area contributed by atoms with Crippen LogP contribution in [0.15, 0.2) is 52.0 Å². The van der Waals surface area contributed by atoms with Crippen molar-refractivity contribution in [2.75, 3.05) is 12.8 Å². The quantitative estimate of drug-likeness (QED) is 0.854. The van der Waals surface area contributed by atoms with Gasteiger partial charge in [-0.05, 0) is 36.8 Å². The number of benzene rings is 1. The molecule has 5 nitrogen and oxygen atoms in total. The summed E-state index contributed by atoms with van der Waals surface area (Å²) in [5, 5.41) is 13.3. The van der Waals surface area contributed by atoms with Crippen LogP contribution in [0.1, 0.15) is 30.4 Å². The lowest BCUT2D eigenvalue weighted by Gasteiger charge is -2.16. The first-order valence-corrected chi connectivity index (χ1v) is 8.52. The van der Waals surface area contributed by atoms with E-state index in [1.54, 1.807) is 18.4 Å². The molecule has 0 aliphatic carbocycles. The molecule has 1 aromatic carbocycles. The zero-order valence-corrected chi connectivity index (χ0v) is 12.8. The molecule has 1 heterocycles. The van der Waals surface area contributed by atoms with Crippen LogP contribution in [-0.4, -0.2) is 26.3 Å². The Labute approximate surface area is 124 Å². The Kier molecular flexibility index (Phi) is 4.82. The normalized spacial score (nSPS) is 14.8. The third-order valence-corrected chi connectivity index (χ3v) is 4.41. The van der Waals surface area contributed by atoms with E-state index in [9.17, 15) is 13.5 Å². The van der Waals surface area contributed by atoms with Crippen molar-refractivity contribution in [1.29, 1.82) is 0 Å². The zero-order valence-electron chi connectivity index (χ0n) is 12.0. The predicted molar refractivity (Wildman–Crippen MR) is 79.6 cm³/mol. The fraction of sp³-hybridized carbons (Fsp3) is 0.333. The van der Waals surface area contributed by atoms with Crippen molar-refractivity contribution in [2.24, 2.45) is 0 Å². The Hall–Kier alpha value is -1.63. The molecule has 0 saturated carbocycles. The van der Waals surface area contributed by atoms with E-state index in [1.807, 2.05) is 19.1 Å². The van der Waals surface area contributed by atoms with Crippen LogP contribution in [0.5, 0.6) is 0 Å². The summed E-state index contributed by atoms with van der Waals surface area (Å²) in [6.07, 6.45) is 2.05. The molecule has 21 heavy (non-hydrogen) atoms. The fourth-order valence-corrected chi connectivity index (χ4v) is 2.61. The van der Waals surface area contributed by atoms with Gasteiger partial charge < -0.3 is 14.8 Å². The Bertz CT molecular complexity index is 662. The molecule has 2 aromatic rings. The van der Waals surface area contributed by atoms with E-state index in [4.69, 9.17) is 4.42 Å². The van der Waals surface area contributed by atoms with Crippen molar-refractivity contribution in [3.63, 3.8) is 0 Å². The number of nitrogens with one attached hydrogen (secondary N) is 1. The first-order valence-electron chi connectivity index (χ1n) is 6.63. The minimum absolute atomic E-state index is 0.00931. The molecule has 6 heteroatoms. The summed E-state index contributed by atoms with van der Waals surface area (Å²) in [7, 11) is -3.21. The molecule has 0 saturated heterocycles. The number of rotatable bonds is 6. The number of hydrogen-bond donors (Lipinski definition) is 2. The van der Waals surface area contributed by atoms with Gasteiger partial charge in [-0.15, -0.1) is 0 Å². The molecule has 1 aromatic heterocycles. The van der Waals surface area contributed by atoms with E-state index in [0.29, 0.717) is 12.1 Å². The van der Waals surface area contributed by atoms with E-state index in [-0.39, 0.29) is 10.9 Å². The summed E-state index contributed by atoms with van der Waals surface area (Å²) >= 11 is 0. The van der Waals surface area contributed by atoms with E-state index in [1.165, 1.54) is 12.1 Å². The van der Waals surface area contributed by atoms with Crippen LogP contribution < -0.4 is 5.32 Å². The second kappa shape index (κ2) is 6.43. The highest BCUT2D eigenvalue weighted by molar-refractivity contribution is 7.90. The number of hydrogen-bond acceptors (Lipinski definition) is 5. The average Bonchev–Trinajstić information content (AvgIpc) is 2.98. The highest BCUT2D eigenvalue weighted by Gasteiger charge is 2.13. The highest BCUT2D eigenvalue weighted by atomic mass is 32.2. The molecule has 0 aliphatic rings. The van der Waals surface area contributed by atoms with Crippen molar-refractivity contribution in [1.82, 2.24) is 5.32 Å². The van der Waals surface area contributed by atoms with E-state index >= 15 is 0 Å². The highest BCUT2D eigenvalue weighted by Crippen LogP contribution is 2.18. The van der Waals surface area contributed by atoms with Gasteiger partial charge in [-0.3, -0.25) is 0 Å². The average molecular weight is 309 g/mol. The van der Waals surface area contributed by atoms with Gasteiger partial charge in [0.1, 0.15) is 5.76 Å². The van der Waals surface area contributed by atoms with Gasteiger partial charge in [0.05, 0.1) is 23.3 Å². The third kappa shape index (κ3) is 4.17. The Morgan fingerprint density at radius 3 is 2.43 bits per heavy atom. The van der Waals surface area contributed by atoms with Crippen LogP contribution >= 0.6 is 0 Å². The van der Waals surface area contributed by atoms with Gasteiger partial charge >= 0.3 is 0 Å². The molecule has 2 N–H and O–H groups in total. The minimum Gasteiger partial charge on any atom is -0.468 e. The lowest BCUT2D eigenvalue weighted by Crippen LogP contribution is -2.24. The Balaban J connectivity index is 1.96. The molecular weight excluding hydrogens is 290 g/mol. The van der Waals surface area contributed by atoms with Gasteiger partial charge in [-0.2, -0.15) is 0 Å². The summed E-state index contributed by atoms with van der Waals surface area (Å²) in [6.45, 7) is 2.29. The maximum absolute atomic E-state index is 11.4. The van der Waals surface area contributed by atoms with Crippen molar-refractivity contribution in [2.45, 2.75) is 24.0 Å². The van der Waals surface area contributed by atoms with E-state index < -0.39 is 15.9 Å². The maximum atomic E-state index is 11.4. The van der Waals surface area contributed by atoms with Gasteiger partial charge in [-0.1, -0.05) is 12.1 Å². The van der Waals surface area contributed by atoms with Gasteiger partial charge in [-0.25, -0.2) is 8.42 Å². The molecule has 2 unspecified atom stereocenters. The first kappa shape index (κ1) is 15.8. The fourth-order valence-electron chi connectivity index (χ4n) is 1.98. The monoisotopic (exact) mass is 309 g/mol. The van der Waals surface area contributed by atoms with Gasteiger partial charge in [0.2, 0.25) is 0 Å². The molecule has 0 amide bonds. The van der Waals surface area contributed by atoms with Crippen LogP contribution in [0.4, 0.5) is 0 Å². The summed E-state index contributed by atoms with van der Waals surface area (Å²) in [6, 6.07) is 9.93. The Morgan fingerprint density at radius 2 is 1.90 bits per heavy atom. The topological polar surface area (TPSA) is 79.5 Å².